The Hall–Kier alpha value is -2.38. The predicted molar refractivity (Wildman–Crippen MR) is 96.5 cm³/mol. The fraction of sp³-hybridized carbons (Fsp3) is 0.0625. The van der Waals surface area contributed by atoms with Gasteiger partial charge in [0, 0.05) is 9.50 Å². The first kappa shape index (κ1) is 18.0. The SMILES string of the molecule is COc1ccc(Cl)cc1NC(=O)C(=O)N/N=C\c1ccc(Br)cc1. The van der Waals surface area contributed by atoms with E-state index in [9.17, 15) is 9.59 Å². The Balaban J connectivity index is 1.96. The Bertz CT molecular complexity index is 779. The second-order valence-electron chi connectivity index (χ2n) is 4.55. The van der Waals surface area contributed by atoms with E-state index in [-0.39, 0.29) is 0 Å². The number of hydrazone groups is 1. The molecule has 6 nitrogen and oxygen atoms in total. The van der Waals surface area contributed by atoms with E-state index >= 15 is 0 Å². The molecule has 124 valence electrons. The monoisotopic (exact) mass is 409 g/mol. The molecule has 8 heteroatoms. The maximum atomic E-state index is 11.9. The van der Waals surface area contributed by atoms with E-state index in [1.807, 2.05) is 12.1 Å². The zero-order valence-electron chi connectivity index (χ0n) is 12.5. The first-order valence-corrected chi connectivity index (χ1v) is 7.90. The lowest BCUT2D eigenvalue weighted by atomic mass is 10.2. The van der Waals surface area contributed by atoms with Crippen molar-refractivity contribution in [2.45, 2.75) is 0 Å². The Labute approximate surface area is 152 Å². The molecule has 0 spiro atoms. The average molecular weight is 411 g/mol. The highest BCUT2D eigenvalue weighted by atomic mass is 79.9. The highest BCUT2D eigenvalue weighted by Crippen LogP contribution is 2.27. The van der Waals surface area contributed by atoms with Crippen LogP contribution < -0.4 is 15.5 Å². The summed E-state index contributed by atoms with van der Waals surface area (Å²) in [5, 5.41) is 6.56. The van der Waals surface area contributed by atoms with E-state index < -0.39 is 11.8 Å². The van der Waals surface area contributed by atoms with Crippen LogP contribution in [0.4, 0.5) is 5.69 Å². The number of benzene rings is 2. The number of ether oxygens (including phenoxy) is 1. The lowest BCUT2D eigenvalue weighted by Crippen LogP contribution is -2.32. The molecule has 0 aliphatic carbocycles. The van der Waals surface area contributed by atoms with Crippen LogP contribution in [-0.2, 0) is 9.59 Å². The zero-order valence-corrected chi connectivity index (χ0v) is 14.9. The number of carbonyl (C=O) groups excluding carboxylic acids is 2. The van der Waals surface area contributed by atoms with Crippen molar-refractivity contribution >= 4 is 51.2 Å². The summed E-state index contributed by atoms with van der Waals surface area (Å²) in [6.07, 6.45) is 1.43. The molecular formula is C16H13BrClN3O3. The minimum Gasteiger partial charge on any atom is -0.495 e. The topological polar surface area (TPSA) is 79.8 Å². The van der Waals surface area contributed by atoms with Crippen LogP contribution in [0.1, 0.15) is 5.56 Å². The van der Waals surface area contributed by atoms with Gasteiger partial charge in [-0.3, -0.25) is 9.59 Å². The van der Waals surface area contributed by atoms with Crippen LogP contribution in [0.5, 0.6) is 5.75 Å². The van der Waals surface area contributed by atoms with Gasteiger partial charge in [-0.25, -0.2) is 5.43 Å². The average Bonchev–Trinajstić information content (AvgIpc) is 2.56. The zero-order chi connectivity index (χ0) is 17.5. The Kier molecular flexibility index (Phi) is 6.34. The third-order valence-corrected chi connectivity index (χ3v) is 3.63. The quantitative estimate of drug-likeness (QED) is 0.461. The third-order valence-electron chi connectivity index (χ3n) is 2.87. The van der Waals surface area contributed by atoms with E-state index in [0.29, 0.717) is 16.5 Å². The standard InChI is InChI=1S/C16H13BrClN3O3/c1-24-14-7-6-12(18)8-13(14)20-15(22)16(23)21-19-9-10-2-4-11(17)5-3-10/h2-9H,1H3,(H,20,22)(H,21,23)/b19-9-. The number of halogens is 2. The molecule has 0 saturated carbocycles. The van der Waals surface area contributed by atoms with Gasteiger partial charge in [0.2, 0.25) is 0 Å². The number of hydrogen-bond donors (Lipinski definition) is 2. The number of amides is 2. The second kappa shape index (κ2) is 8.47. The van der Waals surface area contributed by atoms with Gasteiger partial charge in [-0.2, -0.15) is 5.10 Å². The van der Waals surface area contributed by atoms with Crippen LogP contribution in [-0.4, -0.2) is 25.1 Å². The Morgan fingerprint density at radius 3 is 2.54 bits per heavy atom. The van der Waals surface area contributed by atoms with Gasteiger partial charge in [-0.1, -0.05) is 39.7 Å². The lowest BCUT2D eigenvalue weighted by molar-refractivity contribution is -0.136. The molecule has 0 atom stereocenters. The second-order valence-corrected chi connectivity index (χ2v) is 5.90. The summed E-state index contributed by atoms with van der Waals surface area (Å²) in [6, 6.07) is 12.0. The van der Waals surface area contributed by atoms with E-state index in [1.54, 1.807) is 24.3 Å². The van der Waals surface area contributed by atoms with Gasteiger partial charge < -0.3 is 10.1 Å². The lowest BCUT2D eigenvalue weighted by Gasteiger charge is -2.09. The third kappa shape index (κ3) is 5.07. The van der Waals surface area contributed by atoms with Crippen molar-refractivity contribution in [1.29, 1.82) is 0 Å². The molecule has 0 unspecified atom stereocenters. The summed E-state index contributed by atoms with van der Waals surface area (Å²) in [5.41, 5.74) is 3.22. The fourth-order valence-electron chi connectivity index (χ4n) is 1.72. The number of hydrogen-bond acceptors (Lipinski definition) is 4. The minimum absolute atomic E-state index is 0.294. The van der Waals surface area contributed by atoms with Crippen molar-refractivity contribution in [3.05, 3.63) is 57.5 Å². The number of carbonyl (C=O) groups is 2. The highest BCUT2D eigenvalue weighted by molar-refractivity contribution is 9.10. The van der Waals surface area contributed by atoms with Crippen LogP contribution in [0.2, 0.25) is 5.02 Å². The molecule has 2 amide bonds. The van der Waals surface area contributed by atoms with Crippen molar-refractivity contribution in [1.82, 2.24) is 5.43 Å². The predicted octanol–water partition coefficient (Wildman–Crippen LogP) is 3.20. The molecule has 0 saturated heterocycles. The molecule has 2 aromatic carbocycles. The highest BCUT2D eigenvalue weighted by Gasteiger charge is 2.15. The van der Waals surface area contributed by atoms with Gasteiger partial charge in [-0.05, 0) is 35.9 Å². The molecular weight excluding hydrogens is 398 g/mol. The summed E-state index contributed by atoms with van der Waals surface area (Å²) < 4.78 is 6.02. The first-order valence-electron chi connectivity index (χ1n) is 6.73. The van der Waals surface area contributed by atoms with Crippen LogP contribution >= 0.6 is 27.5 Å². The molecule has 2 N–H and O–H groups in total. The summed E-state index contributed by atoms with van der Waals surface area (Å²) >= 11 is 9.18. The number of nitrogens with one attached hydrogen (secondary N) is 2. The Morgan fingerprint density at radius 2 is 1.88 bits per heavy atom. The van der Waals surface area contributed by atoms with Crippen molar-refractivity contribution in [2.75, 3.05) is 12.4 Å². The summed E-state index contributed by atoms with van der Waals surface area (Å²) in [4.78, 5) is 23.6. The van der Waals surface area contributed by atoms with Crippen LogP contribution in [0.25, 0.3) is 0 Å². The van der Waals surface area contributed by atoms with Crippen LogP contribution in [0.15, 0.2) is 52.0 Å². The van der Waals surface area contributed by atoms with Gasteiger partial charge in [0.25, 0.3) is 0 Å². The van der Waals surface area contributed by atoms with Crippen molar-refractivity contribution < 1.29 is 14.3 Å². The Morgan fingerprint density at radius 1 is 1.17 bits per heavy atom. The smallest absolute Gasteiger partial charge is 0.329 e. The van der Waals surface area contributed by atoms with Gasteiger partial charge in [0.05, 0.1) is 19.0 Å². The van der Waals surface area contributed by atoms with Crippen LogP contribution in [0, 0.1) is 0 Å². The molecule has 0 aliphatic rings. The van der Waals surface area contributed by atoms with E-state index in [0.717, 1.165) is 10.0 Å². The van der Waals surface area contributed by atoms with Crippen molar-refractivity contribution in [3.63, 3.8) is 0 Å². The molecule has 0 aromatic heterocycles. The normalized spacial score (nSPS) is 10.5. The van der Waals surface area contributed by atoms with Crippen molar-refractivity contribution in [2.24, 2.45) is 5.10 Å². The number of rotatable bonds is 4. The molecule has 2 aromatic rings. The van der Waals surface area contributed by atoms with E-state index in [2.05, 4.69) is 31.8 Å². The van der Waals surface area contributed by atoms with Gasteiger partial charge in [0.15, 0.2) is 0 Å². The summed E-state index contributed by atoms with van der Waals surface area (Å²) in [7, 11) is 1.45. The van der Waals surface area contributed by atoms with Gasteiger partial charge >= 0.3 is 11.8 Å². The largest absolute Gasteiger partial charge is 0.495 e. The van der Waals surface area contributed by atoms with Crippen LogP contribution in [0.3, 0.4) is 0 Å². The number of nitrogens with zero attached hydrogens (tertiary/aromatic N) is 1. The summed E-state index contributed by atoms with van der Waals surface area (Å²) in [5.74, 6) is -1.41. The molecule has 0 heterocycles. The number of methoxy groups -OCH3 is 1. The van der Waals surface area contributed by atoms with Crippen molar-refractivity contribution in [3.8, 4) is 5.75 Å². The number of anilines is 1. The molecule has 0 aliphatic heterocycles. The molecule has 24 heavy (non-hydrogen) atoms. The fourth-order valence-corrected chi connectivity index (χ4v) is 2.16. The summed E-state index contributed by atoms with van der Waals surface area (Å²) in [6.45, 7) is 0. The first-order chi connectivity index (χ1) is 11.5. The molecule has 0 bridgehead atoms. The molecule has 2 rings (SSSR count). The van der Waals surface area contributed by atoms with E-state index in [4.69, 9.17) is 16.3 Å². The van der Waals surface area contributed by atoms with Gasteiger partial charge in [0.1, 0.15) is 5.75 Å². The molecule has 0 fully saturated rings. The maximum absolute atomic E-state index is 11.9. The van der Waals surface area contributed by atoms with Gasteiger partial charge in [-0.15, -0.1) is 0 Å². The maximum Gasteiger partial charge on any atom is 0.329 e. The minimum atomic E-state index is -0.912. The molecule has 0 radical (unpaired) electrons. The van der Waals surface area contributed by atoms with E-state index in [1.165, 1.54) is 19.4 Å².